The van der Waals surface area contributed by atoms with E-state index in [1.165, 1.54) is 18.5 Å². The van der Waals surface area contributed by atoms with Crippen LogP contribution in [0, 0.1) is 5.82 Å². The summed E-state index contributed by atoms with van der Waals surface area (Å²) in [6.07, 6.45) is 0.815. The average molecular weight is 603 g/mol. The maximum Gasteiger partial charge on any atom is 0.269 e. The zero-order valence-corrected chi connectivity index (χ0v) is 22.9. The number of pyridine rings is 1. The minimum atomic E-state index is -1.46. The Morgan fingerprint density at radius 1 is 1.15 bits per heavy atom. The fourth-order valence-electron chi connectivity index (χ4n) is 4.03. The van der Waals surface area contributed by atoms with Crippen LogP contribution in [0.2, 0.25) is 15.1 Å². The molecule has 3 heterocycles. The van der Waals surface area contributed by atoms with Gasteiger partial charge in [0.25, 0.3) is 11.8 Å². The van der Waals surface area contributed by atoms with Crippen LogP contribution in [0.4, 0.5) is 10.1 Å². The van der Waals surface area contributed by atoms with E-state index in [0.29, 0.717) is 34.2 Å². The molecule has 2 amide bonds. The van der Waals surface area contributed by atoms with Gasteiger partial charge in [-0.3, -0.25) is 9.59 Å². The topological polar surface area (TPSA) is 123 Å². The van der Waals surface area contributed by atoms with E-state index in [9.17, 15) is 14.0 Å². The van der Waals surface area contributed by atoms with E-state index < -0.39 is 23.8 Å². The van der Waals surface area contributed by atoms with Crippen molar-refractivity contribution in [1.29, 1.82) is 0 Å². The van der Waals surface area contributed by atoms with Gasteiger partial charge in [0.05, 0.1) is 27.6 Å². The maximum absolute atomic E-state index is 14.2. The van der Waals surface area contributed by atoms with Gasteiger partial charge in [-0.15, -0.1) is 0 Å². The number of aromatic nitrogens is 4. The van der Waals surface area contributed by atoms with Crippen LogP contribution in [0.25, 0.3) is 0 Å². The largest absolute Gasteiger partial charge is 0.469 e. The van der Waals surface area contributed by atoms with Crippen molar-refractivity contribution in [3.8, 4) is 5.88 Å². The number of hydrogen-bond donors (Lipinski definition) is 2. The number of aliphatic imine (C=N–C) groups is 1. The fraction of sp³-hybridized carbons (Fsp3) is 0.154. The predicted molar refractivity (Wildman–Crippen MR) is 148 cm³/mol. The molecule has 1 atom stereocenters. The van der Waals surface area contributed by atoms with Crippen molar-refractivity contribution >= 4 is 58.0 Å². The number of ether oxygens (including phenoxy) is 1. The van der Waals surface area contributed by atoms with Gasteiger partial charge in [-0.25, -0.2) is 24.0 Å². The summed E-state index contributed by atoms with van der Waals surface area (Å²) >= 11 is 19.1. The van der Waals surface area contributed by atoms with Crippen LogP contribution < -0.4 is 15.4 Å². The molecule has 14 heteroatoms. The molecule has 1 aliphatic rings. The molecule has 4 aromatic rings. The Kier molecular flexibility index (Phi) is 7.97. The number of carbonyl (C=O) groups is 2. The van der Waals surface area contributed by atoms with Crippen LogP contribution in [-0.2, 0) is 17.9 Å². The molecule has 2 aromatic heterocycles. The number of rotatable bonds is 7. The molecule has 0 fully saturated rings. The fourth-order valence-corrected chi connectivity index (χ4v) is 5.02. The maximum atomic E-state index is 14.2. The molecular weight excluding hydrogens is 584 g/mol. The van der Waals surface area contributed by atoms with Crippen LogP contribution in [0.5, 0.6) is 5.88 Å². The summed E-state index contributed by atoms with van der Waals surface area (Å²) < 4.78 is 21.4. The monoisotopic (exact) mass is 601 g/mol. The Morgan fingerprint density at radius 2 is 1.90 bits per heavy atom. The second-order valence-corrected chi connectivity index (χ2v) is 9.67. The Labute approximate surface area is 242 Å². The summed E-state index contributed by atoms with van der Waals surface area (Å²) in [6.45, 7) is 2.34. The molecule has 2 aromatic carbocycles. The van der Waals surface area contributed by atoms with Crippen molar-refractivity contribution in [3.05, 3.63) is 98.4 Å². The highest BCUT2D eigenvalue weighted by molar-refractivity contribution is 6.44. The van der Waals surface area contributed by atoms with Crippen molar-refractivity contribution in [2.45, 2.75) is 26.2 Å². The Balaban J connectivity index is 1.50. The van der Waals surface area contributed by atoms with Gasteiger partial charge in [0.15, 0.2) is 5.82 Å². The first-order valence-corrected chi connectivity index (χ1v) is 13.0. The number of fused-ring (bicyclic) bond motifs is 1. The number of para-hydroxylation sites is 1. The van der Waals surface area contributed by atoms with E-state index in [0.717, 1.165) is 12.3 Å². The lowest BCUT2D eigenvalue weighted by Gasteiger charge is -2.16. The van der Waals surface area contributed by atoms with Gasteiger partial charge in [-0.2, -0.15) is 5.10 Å². The third-order valence-electron chi connectivity index (χ3n) is 5.85. The number of amides is 2. The summed E-state index contributed by atoms with van der Waals surface area (Å²) in [7, 11) is 0. The summed E-state index contributed by atoms with van der Waals surface area (Å²) in [6, 6.07) is 10.8. The number of benzodiazepines with no additional fused rings is 1. The van der Waals surface area contributed by atoms with Crippen molar-refractivity contribution in [2.75, 3.05) is 5.32 Å². The number of anilines is 1. The minimum Gasteiger partial charge on any atom is -0.469 e. The molecule has 0 bridgehead atoms. The lowest BCUT2D eigenvalue weighted by atomic mass is 10.0. The van der Waals surface area contributed by atoms with E-state index in [2.05, 4.69) is 30.7 Å². The molecule has 1 unspecified atom stereocenters. The lowest BCUT2D eigenvalue weighted by Crippen LogP contribution is -2.42. The second kappa shape index (κ2) is 11.6. The predicted octanol–water partition coefficient (Wildman–Crippen LogP) is 4.92. The smallest absolute Gasteiger partial charge is 0.269 e. The first-order valence-electron chi connectivity index (χ1n) is 11.8. The molecule has 0 radical (unpaired) electrons. The van der Waals surface area contributed by atoms with E-state index in [-0.39, 0.29) is 33.8 Å². The Morgan fingerprint density at radius 3 is 2.65 bits per heavy atom. The van der Waals surface area contributed by atoms with Crippen molar-refractivity contribution in [2.24, 2.45) is 4.99 Å². The summed E-state index contributed by atoms with van der Waals surface area (Å²) in [5.41, 5.74) is 1.22. The molecule has 204 valence electrons. The van der Waals surface area contributed by atoms with Crippen LogP contribution in [0.15, 0.2) is 60.0 Å². The SMILES string of the molecule is CCn1ncnc1COc1ncc(F)cc1C(=O)NC1N=C(c2c(Cl)cc(Cl)cc2Cl)c2ccccc2NC1=O. The highest BCUT2D eigenvalue weighted by Crippen LogP contribution is 2.34. The standard InChI is InChI=1S/C26H19Cl3FN7O3/c1-2-37-20(32-12-33-37)11-40-26-16(9-14(30)10-31-26)24(38)36-23-25(39)34-19-6-4-3-5-15(19)22(35-23)21-17(28)7-13(27)8-18(21)29/h3-10,12,23H,2,11H2,1H3,(H,34,39)(H,36,38). The highest BCUT2D eigenvalue weighted by atomic mass is 35.5. The normalized spacial score (nSPS) is 14.6. The minimum absolute atomic E-state index is 0.0815. The zero-order chi connectivity index (χ0) is 28.4. The molecule has 0 saturated carbocycles. The van der Waals surface area contributed by atoms with E-state index in [1.807, 2.05) is 6.92 Å². The first kappa shape index (κ1) is 27.5. The van der Waals surface area contributed by atoms with Crippen molar-refractivity contribution in [3.63, 3.8) is 0 Å². The van der Waals surface area contributed by atoms with Gasteiger partial charge in [-0.05, 0) is 31.2 Å². The summed E-state index contributed by atoms with van der Waals surface area (Å²) in [5.74, 6) is -1.99. The molecule has 10 nitrogen and oxygen atoms in total. The molecule has 0 aliphatic carbocycles. The Bertz CT molecular complexity index is 1640. The number of nitrogens with zero attached hydrogens (tertiary/aromatic N) is 5. The van der Waals surface area contributed by atoms with E-state index in [1.54, 1.807) is 28.9 Å². The van der Waals surface area contributed by atoms with Crippen LogP contribution in [0.1, 0.15) is 34.2 Å². The van der Waals surface area contributed by atoms with Gasteiger partial charge >= 0.3 is 0 Å². The van der Waals surface area contributed by atoms with Gasteiger partial charge in [0.1, 0.15) is 24.3 Å². The molecule has 0 saturated heterocycles. The molecule has 0 spiro atoms. The number of nitrogens with one attached hydrogen (secondary N) is 2. The Hall–Kier alpha value is -4.06. The van der Waals surface area contributed by atoms with Crippen molar-refractivity contribution in [1.82, 2.24) is 25.1 Å². The number of carbonyl (C=O) groups excluding carboxylic acids is 2. The van der Waals surface area contributed by atoms with E-state index >= 15 is 0 Å². The molecule has 2 N–H and O–H groups in total. The number of hydrogen-bond acceptors (Lipinski definition) is 7. The van der Waals surface area contributed by atoms with Gasteiger partial charge in [0, 0.05) is 22.7 Å². The number of benzene rings is 2. The average Bonchev–Trinajstić information content (AvgIpc) is 3.33. The quantitative estimate of drug-likeness (QED) is 0.310. The van der Waals surface area contributed by atoms with Crippen LogP contribution in [0.3, 0.4) is 0 Å². The third-order valence-corrected chi connectivity index (χ3v) is 6.67. The summed E-state index contributed by atoms with van der Waals surface area (Å²) in [4.78, 5) is 39.1. The van der Waals surface area contributed by atoms with Gasteiger partial charge < -0.3 is 15.4 Å². The van der Waals surface area contributed by atoms with Crippen molar-refractivity contribution < 1.29 is 18.7 Å². The van der Waals surface area contributed by atoms with Crippen LogP contribution in [-0.4, -0.2) is 43.4 Å². The zero-order valence-electron chi connectivity index (χ0n) is 20.7. The summed E-state index contributed by atoms with van der Waals surface area (Å²) in [5, 5.41) is 10.0. The van der Waals surface area contributed by atoms with Gasteiger partial charge in [0.2, 0.25) is 12.0 Å². The second-order valence-electron chi connectivity index (χ2n) is 8.42. The highest BCUT2D eigenvalue weighted by Gasteiger charge is 2.30. The molecule has 5 rings (SSSR count). The lowest BCUT2D eigenvalue weighted by molar-refractivity contribution is -0.117. The third kappa shape index (κ3) is 5.62. The van der Waals surface area contributed by atoms with E-state index in [4.69, 9.17) is 39.5 Å². The number of aryl methyl sites for hydroxylation is 1. The number of halogens is 4. The first-order chi connectivity index (χ1) is 19.2. The molecular formula is C26H19Cl3FN7O3. The molecule has 1 aliphatic heterocycles. The van der Waals surface area contributed by atoms with Gasteiger partial charge in [-0.1, -0.05) is 53.0 Å². The van der Waals surface area contributed by atoms with Crippen LogP contribution >= 0.6 is 34.8 Å². The molecule has 40 heavy (non-hydrogen) atoms.